The fraction of sp³-hybridized carbons (Fsp3) is 0.286. The molecule has 0 aliphatic rings. The number of ether oxygens (including phenoxy) is 1. The summed E-state index contributed by atoms with van der Waals surface area (Å²) in [6, 6.07) is 7.26. The maximum Gasteiger partial charge on any atom is 0.325 e. The largest absolute Gasteiger partial charge is 0.465 e. The van der Waals surface area contributed by atoms with Crippen molar-refractivity contribution in [2.24, 2.45) is 0 Å². The van der Waals surface area contributed by atoms with Crippen molar-refractivity contribution >= 4 is 16.9 Å². The van der Waals surface area contributed by atoms with Gasteiger partial charge >= 0.3 is 5.97 Å². The van der Waals surface area contributed by atoms with Crippen LogP contribution in [0.2, 0.25) is 0 Å². The maximum atomic E-state index is 12.0. The highest BCUT2D eigenvalue weighted by Gasteiger charge is 2.09. The summed E-state index contributed by atoms with van der Waals surface area (Å²) in [7, 11) is 0. The van der Waals surface area contributed by atoms with Gasteiger partial charge in [-0.3, -0.25) is 9.59 Å². The molecule has 18 heavy (non-hydrogen) atoms. The molecule has 1 aromatic heterocycles. The van der Waals surface area contributed by atoms with E-state index in [-0.39, 0.29) is 17.9 Å². The van der Waals surface area contributed by atoms with Gasteiger partial charge < -0.3 is 9.30 Å². The molecule has 0 aliphatic carbocycles. The first-order valence-corrected chi connectivity index (χ1v) is 5.88. The number of nitrogens with zero attached hydrogens (tertiary/aromatic N) is 1. The Morgan fingerprint density at radius 2 is 2.06 bits per heavy atom. The first kappa shape index (κ1) is 12.4. The lowest BCUT2D eigenvalue weighted by atomic mass is 10.1. The van der Waals surface area contributed by atoms with Crippen LogP contribution in [0.3, 0.4) is 0 Å². The van der Waals surface area contributed by atoms with E-state index in [0.29, 0.717) is 17.6 Å². The summed E-state index contributed by atoms with van der Waals surface area (Å²) in [4.78, 5) is 23.5. The van der Waals surface area contributed by atoms with E-state index in [1.165, 1.54) is 0 Å². The average molecular weight is 245 g/mol. The lowest BCUT2D eigenvalue weighted by molar-refractivity contribution is -0.143. The van der Waals surface area contributed by atoms with E-state index < -0.39 is 0 Å². The van der Waals surface area contributed by atoms with Crippen LogP contribution in [0.1, 0.15) is 12.5 Å². The van der Waals surface area contributed by atoms with E-state index in [1.807, 2.05) is 18.2 Å². The normalized spacial score (nSPS) is 10.6. The number of esters is 1. The van der Waals surface area contributed by atoms with E-state index >= 15 is 0 Å². The predicted octanol–water partition coefficient (Wildman–Crippen LogP) is 1.87. The molecule has 1 aromatic carbocycles. The van der Waals surface area contributed by atoms with Crippen molar-refractivity contribution in [3.63, 3.8) is 0 Å². The van der Waals surface area contributed by atoms with Crippen LogP contribution >= 0.6 is 0 Å². The SMILES string of the molecule is CCOC(=O)Cn1cc(C)c(=O)c2ccccc21. The number of para-hydroxylation sites is 1. The minimum atomic E-state index is -0.300. The molecule has 0 atom stereocenters. The average Bonchev–Trinajstić information content (AvgIpc) is 2.36. The summed E-state index contributed by atoms with van der Waals surface area (Å²) >= 11 is 0. The number of carbonyl (C=O) groups excluding carboxylic acids is 1. The molecule has 0 radical (unpaired) electrons. The van der Waals surface area contributed by atoms with Crippen molar-refractivity contribution in [2.75, 3.05) is 6.61 Å². The standard InChI is InChI=1S/C14H15NO3/c1-3-18-13(16)9-15-8-10(2)14(17)11-6-4-5-7-12(11)15/h4-8H,3,9H2,1-2H3. The van der Waals surface area contributed by atoms with Crippen LogP contribution in [0.25, 0.3) is 10.9 Å². The fourth-order valence-electron chi connectivity index (χ4n) is 1.97. The molecule has 2 rings (SSSR count). The van der Waals surface area contributed by atoms with E-state index in [9.17, 15) is 9.59 Å². The number of aryl methyl sites for hydroxylation is 1. The first-order chi connectivity index (χ1) is 8.63. The zero-order chi connectivity index (χ0) is 13.1. The molecule has 0 N–H and O–H groups in total. The first-order valence-electron chi connectivity index (χ1n) is 5.88. The monoisotopic (exact) mass is 245 g/mol. The van der Waals surface area contributed by atoms with Crippen molar-refractivity contribution in [1.82, 2.24) is 4.57 Å². The van der Waals surface area contributed by atoms with E-state index in [2.05, 4.69) is 0 Å². The van der Waals surface area contributed by atoms with Crippen LogP contribution in [-0.4, -0.2) is 17.1 Å². The number of benzene rings is 1. The summed E-state index contributed by atoms with van der Waals surface area (Å²) in [5, 5.41) is 0.627. The molecule has 4 nitrogen and oxygen atoms in total. The lowest BCUT2D eigenvalue weighted by Crippen LogP contribution is -2.18. The van der Waals surface area contributed by atoms with Gasteiger partial charge in [-0.05, 0) is 26.0 Å². The molecule has 0 saturated heterocycles. The number of fused-ring (bicyclic) bond motifs is 1. The molecule has 0 spiro atoms. The Balaban J connectivity index is 2.54. The molecule has 0 unspecified atom stereocenters. The van der Waals surface area contributed by atoms with Gasteiger partial charge in [0.05, 0.1) is 12.1 Å². The quantitative estimate of drug-likeness (QED) is 0.776. The third-order valence-corrected chi connectivity index (χ3v) is 2.77. The van der Waals surface area contributed by atoms with Crippen molar-refractivity contribution in [3.8, 4) is 0 Å². The second-order valence-electron chi connectivity index (χ2n) is 4.09. The molecule has 94 valence electrons. The fourth-order valence-corrected chi connectivity index (χ4v) is 1.97. The van der Waals surface area contributed by atoms with Gasteiger partial charge in [-0.15, -0.1) is 0 Å². The van der Waals surface area contributed by atoms with Gasteiger partial charge in [0.25, 0.3) is 0 Å². The number of hydrogen-bond acceptors (Lipinski definition) is 3. The minimum Gasteiger partial charge on any atom is -0.465 e. The number of aromatic nitrogens is 1. The summed E-state index contributed by atoms with van der Waals surface area (Å²) in [5.41, 5.74) is 1.38. The Labute approximate surface area is 105 Å². The third-order valence-electron chi connectivity index (χ3n) is 2.77. The van der Waals surface area contributed by atoms with Crippen molar-refractivity contribution in [1.29, 1.82) is 0 Å². The Morgan fingerprint density at radius 1 is 1.33 bits per heavy atom. The summed E-state index contributed by atoms with van der Waals surface area (Å²) in [6.07, 6.45) is 1.70. The molecule has 0 aliphatic heterocycles. The van der Waals surface area contributed by atoms with Crippen LogP contribution in [0, 0.1) is 6.92 Å². The van der Waals surface area contributed by atoms with Crippen molar-refractivity contribution < 1.29 is 9.53 Å². The molecule has 1 heterocycles. The number of pyridine rings is 1. The van der Waals surface area contributed by atoms with Gasteiger partial charge in [-0.2, -0.15) is 0 Å². The van der Waals surface area contributed by atoms with Crippen molar-refractivity contribution in [2.45, 2.75) is 20.4 Å². The van der Waals surface area contributed by atoms with Crippen molar-refractivity contribution in [3.05, 3.63) is 46.2 Å². The topological polar surface area (TPSA) is 48.3 Å². The molecule has 0 amide bonds. The van der Waals surface area contributed by atoms with Gasteiger partial charge in [0.2, 0.25) is 0 Å². The number of hydrogen-bond donors (Lipinski definition) is 0. The van der Waals surface area contributed by atoms with E-state index in [4.69, 9.17) is 4.74 Å². The van der Waals surface area contributed by atoms with Crippen LogP contribution in [-0.2, 0) is 16.1 Å². The maximum absolute atomic E-state index is 12.0. The van der Waals surface area contributed by atoms with Crippen LogP contribution in [0.15, 0.2) is 35.3 Å². The number of carbonyl (C=O) groups is 1. The molecule has 0 fully saturated rings. The van der Waals surface area contributed by atoms with Crippen LogP contribution < -0.4 is 5.43 Å². The zero-order valence-corrected chi connectivity index (χ0v) is 10.5. The molecule has 0 saturated carbocycles. The summed E-state index contributed by atoms with van der Waals surface area (Å²) in [5.74, 6) is -0.300. The highest BCUT2D eigenvalue weighted by atomic mass is 16.5. The second-order valence-corrected chi connectivity index (χ2v) is 4.09. The van der Waals surface area contributed by atoms with E-state index in [1.54, 1.807) is 30.7 Å². The third kappa shape index (κ3) is 2.27. The smallest absolute Gasteiger partial charge is 0.325 e. The van der Waals surface area contributed by atoms with Gasteiger partial charge in [0.15, 0.2) is 5.43 Å². The molecule has 2 aromatic rings. The Morgan fingerprint density at radius 3 is 2.78 bits per heavy atom. The van der Waals surface area contributed by atoms with Gasteiger partial charge in [0, 0.05) is 17.1 Å². The molecule has 0 bridgehead atoms. The van der Waals surface area contributed by atoms with E-state index in [0.717, 1.165) is 5.52 Å². The van der Waals surface area contributed by atoms with Gasteiger partial charge in [-0.25, -0.2) is 0 Å². The zero-order valence-electron chi connectivity index (χ0n) is 10.5. The predicted molar refractivity (Wildman–Crippen MR) is 69.6 cm³/mol. The highest BCUT2D eigenvalue weighted by molar-refractivity contribution is 5.81. The Kier molecular flexibility index (Phi) is 3.46. The molecule has 4 heteroatoms. The lowest BCUT2D eigenvalue weighted by Gasteiger charge is -2.11. The highest BCUT2D eigenvalue weighted by Crippen LogP contribution is 2.11. The second kappa shape index (κ2) is 5.04. The number of rotatable bonds is 3. The van der Waals surface area contributed by atoms with Gasteiger partial charge in [0.1, 0.15) is 6.54 Å². The van der Waals surface area contributed by atoms with Crippen LogP contribution in [0.4, 0.5) is 0 Å². The summed E-state index contributed by atoms with van der Waals surface area (Å²) in [6.45, 7) is 3.99. The minimum absolute atomic E-state index is 0.00529. The Hall–Kier alpha value is -2.10. The molecular weight excluding hydrogens is 230 g/mol. The van der Waals surface area contributed by atoms with Gasteiger partial charge in [-0.1, -0.05) is 12.1 Å². The molecular formula is C14H15NO3. The van der Waals surface area contributed by atoms with Crippen LogP contribution in [0.5, 0.6) is 0 Å². The summed E-state index contributed by atoms with van der Waals surface area (Å²) < 4.78 is 6.68. The Bertz CT molecular complexity index is 643.